The number of carbonyl (C=O) groups excluding carboxylic acids is 2. The van der Waals surface area contributed by atoms with E-state index in [1.807, 2.05) is 24.0 Å². The molecule has 164 valence electrons. The standard InChI is InChI=1S/C22H36N2O5/c1-7-12-24(13-8-2)21(26)11-9-10-20(25)23-16(3)17-14-18(27-4)22(29-6)19(15-17)28-5/h14-16H,7-13H2,1-6H3,(H,23,25). The molecule has 0 spiro atoms. The molecule has 0 aliphatic carbocycles. The zero-order valence-corrected chi connectivity index (χ0v) is 18.7. The lowest BCUT2D eigenvalue weighted by atomic mass is 10.1. The lowest BCUT2D eigenvalue weighted by Gasteiger charge is -2.21. The van der Waals surface area contributed by atoms with Gasteiger partial charge >= 0.3 is 0 Å². The Morgan fingerprint density at radius 1 is 0.966 bits per heavy atom. The van der Waals surface area contributed by atoms with Gasteiger partial charge in [-0.1, -0.05) is 13.8 Å². The molecule has 0 aliphatic heterocycles. The number of carbonyl (C=O) groups is 2. The van der Waals surface area contributed by atoms with Gasteiger partial charge in [0, 0.05) is 25.9 Å². The Bertz CT molecular complexity index is 632. The minimum Gasteiger partial charge on any atom is -0.493 e. The predicted molar refractivity (Wildman–Crippen MR) is 114 cm³/mol. The Kier molecular flexibility index (Phi) is 10.9. The lowest BCUT2D eigenvalue weighted by molar-refractivity contribution is -0.131. The zero-order valence-electron chi connectivity index (χ0n) is 18.7. The molecular weight excluding hydrogens is 372 g/mol. The van der Waals surface area contributed by atoms with E-state index in [2.05, 4.69) is 19.2 Å². The van der Waals surface area contributed by atoms with Crippen LogP contribution in [0.4, 0.5) is 0 Å². The third-order valence-electron chi connectivity index (χ3n) is 4.70. The zero-order chi connectivity index (χ0) is 21.8. The molecule has 0 saturated heterocycles. The summed E-state index contributed by atoms with van der Waals surface area (Å²) >= 11 is 0. The molecule has 1 aromatic rings. The van der Waals surface area contributed by atoms with Gasteiger partial charge in [0.25, 0.3) is 0 Å². The summed E-state index contributed by atoms with van der Waals surface area (Å²) in [6, 6.07) is 3.41. The van der Waals surface area contributed by atoms with Crippen LogP contribution >= 0.6 is 0 Å². The molecule has 7 nitrogen and oxygen atoms in total. The molecule has 29 heavy (non-hydrogen) atoms. The Morgan fingerprint density at radius 2 is 1.52 bits per heavy atom. The summed E-state index contributed by atoms with van der Waals surface area (Å²) in [5.74, 6) is 1.64. The minimum atomic E-state index is -0.233. The topological polar surface area (TPSA) is 77.1 Å². The molecule has 0 bridgehead atoms. The normalized spacial score (nSPS) is 11.5. The van der Waals surface area contributed by atoms with Crippen molar-refractivity contribution in [2.75, 3.05) is 34.4 Å². The Labute approximate surface area is 174 Å². The van der Waals surface area contributed by atoms with E-state index in [9.17, 15) is 9.59 Å². The van der Waals surface area contributed by atoms with Crippen LogP contribution in [-0.2, 0) is 9.59 Å². The summed E-state index contributed by atoms with van der Waals surface area (Å²) in [7, 11) is 4.66. The van der Waals surface area contributed by atoms with E-state index in [0.717, 1.165) is 31.5 Å². The lowest BCUT2D eigenvalue weighted by Crippen LogP contribution is -2.32. The molecule has 1 rings (SSSR count). The van der Waals surface area contributed by atoms with Crippen LogP contribution < -0.4 is 19.5 Å². The first-order valence-corrected chi connectivity index (χ1v) is 10.3. The summed E-state index contributed by atoms with van der Waals surface area (Å²) in [4.78, 5) is 26.5. The monoisotopic (exact) mass is 408 g/mol. The third kappa shape index (κ3) is 7.48. The summed E-state index contributed by atoms with van der Waals surface area (Å²) in [6.07, 6.45) is 3.13. The average Bonchev–Trinajstić information content (AvgIpc) is 2.72. The van der Waals surface area contributed by atoms with E-state index in [1.165, 1.54) is 0 Å². The van der Waals surface area contributed by atoms with Gasteiger partial charge in [0.05, 0.1) is 27.4 Å². The van der Waals surface area contributed by atoms with Gasteiger partial charge in [0.2, 0.25) is 17.6 Å². The third-order valence-corrected chi connectivity index (χ3v) is 4.70. The Morgan fingerprint density at radius 3 is 1.97 bits per heavy atom. The molecule has 0 aliphatic rings. The Balaban J connectivity index is 2.63. The fourth-order valence-electron chi connectivity index (χ4n) is 3.21. The molecule has 1 atom stereocenters. The minimum absolute atomic E-state index is 0.0865. The van der Waals surface area contributed by atoms with Gasteiger partial charge < -0.3 is 24.4 Å². The SMILES string of the molecule is CCCN(CCC)C(=O)CCCC(=O)NC(C)c1cc(OC)c(OC)c(OC)c1. The molecule has 0 radical (unpaired) electrons. The smallest absolute Gasteiger partial charge is 0.222 e. The van der Waals surface area contributed by atoms with Gasteiger partial charge in [0.1, 0.15) is 0 Å². The molecule has 0 fully saturated rings. The molecule has 0 heterocycles. The first-order chi connectivity index (χ1) is 13.9. The number of rotatable bonds is 13. The second kappa shape index (κ2) is 12.9. The van der Waals surface area contributed by atoms with Crippen LogP contribution in [0.2, 0.25) is 0 Å². The summed E-state index contributed by atoms with van der Waals surface area (Å²) < 4.78 is 16.1. The van der Waals surface area contributed by atoms with Crippen molar-refractivity contribution in [2.24, 2.45) is 0 Å². The molecule has 7 heteroatoms. The highest BCUT2D eigenvalue weighted by Gasteiger charge is 2.18. The number of nitrogens with one attached hydrogen (secondary N) is 1. The average molecular weight is 409 g/mol. The van der Waals surface area contributed by atoms with Gasteiger partial charge in [0.15, 0.2) is 11.5 Å². The second-order valence-corrected chi connectivity index (χ2v) is 6.98. The molecule has 1 aromatic carbocycles. The summed E-state index contributed by atoms with van der Waals surface area (Å²) in [5, 5.41) is 2.97. The largest absolute Gasteiger partial charge is 0.493 e. The number of methoxy groups -OCH3 is 3. The number of amides is 2. The quantitative estimate of drug-likeness (QED) is 0.538. The summed E-state index contributed by atoms with van der Waals surface area (Å²) in [5.41, 5.74) is 0.848. The Hall–Kier alpha value is -2.44. The number of benzene rings is 1. The maximum Gasteiger partial charge on any atom is 0.222 e. The predicted octanol–water partition coefficient (Wildman–Crippen LogP) is 3.71. The van der Waals surface area contributed by atoms with Gasteiger partial charge in [-0.3, -0.25) is 9.59 Å². The number of hydrogen-bond donors (Lipinski definition) is 1. The first-order valence-electron chi connectivity index (χ1n) is 10.3. The molecule has 1 unspecified atom stereocenters. The maximum absolute atomic E-state index is 12.3. The van der Waals surface area contributed by atoms with Crippen molar-refractivity contribution in [3.63, 3.8) is 0 Å². The number of ether oxygens (including phenoxy) is 3. The second-order valence-electron chi connectivity index (χ2n) is 6.98. The van der Waals surface area contributed by atoms with Crippen molar-refractivity contribution in [3.8, 4) is 17.2 Å². The van der Waals surface area contributed by atoms with Crippen LogP contribution in [0.25, 0.3) is 0 Å². The van der Waals surface area contributed by atoms with Gasteiger partial charge in [-0.15, -0.1) is 0 Å². The van der Waals surface area contributed by atoms with Crippen LogP contribution in [0.3, 0.4) is 0 Å². The van der Waals surface area contributed by atoms with E-state index in [-0.39, 0.29) is 17.9 Å². The highest BCUT2D eigenvalue weighted by Crippen LogP contribution is 2.39. The molecule has 2 amide bonds. The van der Waals surface area contributed by atoms with Crippen molar-refractivity contribution >= 4 is 11.8 Å². The summed E-state index contributed by atoms with van der Waals surface area (Å²) in [6.45, 7) is 7.57. The van der Waals surface area contributed by atoms with Gasteiger partial charge in [-0.05, 0) is 43.9 Å². The number of hydrogen-bond acceptors (Lipinski definition) is 5. The van der Waals surface area contributed by atoms with E-state index in [1.54, 1.807) is 21.3 Å². The van der Waals surface area contributed by atoms with Gasteiger partial charge in [-0.25, -0.2) is 0 Å². The first kappa shape index (κ1) is 24.6. The van der Waals surface area contributed by atoms with Crippen molar-refractivity contribution in [1.82, 2.24) is 10.2 Å². The molecular formula is C22H36N2O5. The highest BCUT2D eigenvalue weighted by atomic mass is 16.5. The fourth-order valence-corrected chi connectivity index (χ4v) is 3.21. The van der Waals surface area contributed by atoms with E-state index >= 15 is 0 Å². The van der Waals surface area contributed by atoms with Crippen LogP contribution in [0.5, 0.6) is 17.2 Å². The number of nitrogens with zero attached hydrogens (tertiary/aromatic N) is 1. The van der Waals surface area contributed by atoms with E-state index < -0.39 is 0 Å². The van der Waals surface area contributed by atoms with Crippen LogP contribution in [0.15, 0.2) is 12.1 Å². The van der Waals surface area contributed by atoms with E-state index in [4.69, 9.17) is 14.2 Å². The molecule has 0 saturated carbocycles. The van der Waals surface area contributed by atoms with Crippen LogP contribution in [-0.4, -0.2) is 51.1 Å². The van der Waals surface area contributed by atoms with Crippen LogP contribution in [0.1, 0.15) is 64.5 Å². The van der Waals surface area contributed by atoms with E-state index in [0.29, 0.717) is 36.5 Å². The van der Waals surface area contributed by atoms with Crippen LogP contribution in [0, 0.1) is 0 Å². The highest BCUT2D eigenvalue weighted by molar-refractivity contribution is 5.79. The van der Waals surface area contributed by atoms with Crippen molar-refractivity contribution in [3.05, 3.63) is 17.7 Å². The van der Waals surface area contributed by atoms with Crippen molar-refractivity contribution < 1.29 is 23.8 Å². The van der Waals surface area contributed by atoms with Crippen molar-refractivity contribution in [2.45, 2.75) is 58.9 Å². The fraction of sp³-hybridized carbons (Fsp3) is 0.636. The van der Waals surface area contributed by atoms with Gasteiger partial charge in [-0.2, -0.15) is 0 Å². The van der Waals surface area contributed by atoms with Crippen molar-refractivity contribution in [1.29, 1.82) is 0 Å². The molecule has 0 aromatic heterocycles. The molecule has 1 N–H and O–H groups in total. The maximum atomic E-state index is 12.3.